The molecule has 1 aliphatic rings. The first-order valence-electron chi connectivity index (χ1n) is 4.82. The zero-order valence-electron chi connectivity index (χ0n) is 9.38. The molecule has 3 N–H and O–H groups in total. The summed E-state index contributed by atoms with van der Waals surface area (Å²) in [6, 6.07) is -0.387. The predicted molar refractivity (Wildman–Crippen MR) is 58.5 cm³/mol. The van der Waals surface area contributed by atoms with Gasteiger partial charge in [0.1, 0.15) is 0 Å². The second-order valence-electron chi connectivity index (χ2n) is 3.63. The van der Waals surface area contributed by atoms with E-state index >= 15 is 0 Å². The van der Waals surface area contributed by atoms with Crippen molar-refractivity contribution in [2.75, 3.05) is 40.3 Å². The van der Waals surface area contributed by atoms with Crippen molar-refractivity contribution in [3.63, 3.8) is 0 Å². The number of hydrogen-bond acceptors (Lipinski definition) is 4. The van der Waals surface area contributed by atoms with E-state index in [1.807, 2.05) is 5.43 Å². The molecular formula is C7H17N5O3S. The van der Waals surface area contributed by atoms with Crippen LogP contribution in [0.3, 0.4) is 0 Å². The maximum atomic E-state index is 11.7. The van der Waals surface area contributed by atoms with Crippen LogP contribution in [0.15, 0.2) is 0 Å². The molecule has 0 aromatic rings. The fraction of sp³-hybridized carbons (Fsp3) is 0.857. The van der Waals surface area contributed by atoms with Gasteiger partial charge in [0.25, 0.3) is 10.2 Å². The Morgan fingerprint density at radius 1 is 1.25 bits per heavy atom. The predicted octanol–water partition coefficient (Wildman–Crippen LogP) is -2.01. The number of nitrogens with one attached hydrogen (secondary N) is 1. The van der Waals surface area contributed by atoms with E-state index in [1.54, 1.807) is 0 Å². The third kappa shape index (κ3) is 2.61. The molecule has 16 heavy (non-hydrogen) atoms. The van der Waals surface area contributed by atoms with Crippen molar-refractivity contribution in [1.82, 2.24) is 18.9 Å². The van der Waals surface area contributed by atoms with Crippen LogP contribution in [0.1, 0.15) is 0 Å². The van der Waals surface area contributed by atoms with E-state index in [9.17, 15) is 13.2 Å². The number of urea groups is 1. The van der Waals surface area contributed by atoms with Crippen LogP contribution in [0.4, 0.5) is 4.79 Å². The molecule has 0 spiro atoms. The molecule has 1 rings (SSSR count). The summed E-state index contributed by atoms with van der Waals surface area (Å²) in [4.78, 5) is 12.6. The van der Waals surface area contributed by atoms with Crippen molar-refractivity contribution in [2.45, 2.75) is 0 Å². The van der Waals surface area contributed by atoms with Crippen LogP contribution in [0.2, 0.25) is 0 Å². The second kappa shape index (κ2) is 4.95. The average molecular weight is 251 g/mol. The van der Waals surface area contributed by atoms with Gasteiger partial charge in [0.15, 0.2) is 0 Å². The quantitative estimate of drug-likeness (QED) is 0.336. The van der Waals surface area contributed by atoms with E-state index < -0.39 is 10.2 Å². The Bertz CT molecular complexity index is 347. The van der Waals surface area contributed by atoms with Gasteiger partial charge in [-0.2, -0.15) is 17.0 Å². The Kier molecular flexibility index (Phi) is 4.08. The Balaban J connectivity index is 2.59. The summed E-state index contributed by atoms with van der Waals surface area (Å²) in [5.41, 5.74) is 2.02. The highest BCUT2D eigenvalue weighted by atomic mass is 32.2. The molecule has 0 aromatic carbocycles. The highest BCUT2D eigenvalue weighted by Gasteiger charge is 2.29. The summed E-state index contributed by atoms with van der Waals surface area (Å²) in [6.07, 6.45) is 0. The van der Waals surface area contributed by atoms with Crippen LogP contribution in [-0.2, 0) is 10.2 Å². The second-order valence-corrected chi connectivity index (χ2v) is 5.77. The number of carbonyl (C=O) groups is 1. The van der Waals surface area contributed by atoms with Gasteiger partial charge >= 0.3 is 6.03 Å². The average Bonchev–Trinajstić information content (AvgIpc) is 2.28. The molecule has 1 heterocycles. The van der Waals surface area contributed by atoms with Crippen molar-refractivity contribution in [2.24, 2.45) is 5.84 Å². The highest BCUT2D eigenvalue weighted by molar-refractivity contribution is 7.86. The van der Waals surface area contributed by atoms with Crippen LogP contribution in [-0.4, -0.2) is 68.2 Å². The number of carbonyl (C=O) groups excluding carboxylic acids is 1. The topological polar surface area (TPSA) is 99.0 Å². The third-order valence-electron chi connectivity index (χ3n) is 2.44. The number of hydrazine groups is 1. The van der Waals surface area contributed by atoms with Crippen molar-refractivity contribution in [3.8, 4) is 0 Å². The van der Waals surface area contributed by atoms with Gasteiger partial charge in [0.2, 0.25) is 0 Å². The zero-order chi connectivity index (χ0) is 12.3. The molecule has 8 nitrogen and oxygen atoms in total. The monoisotopic (exact) mass is 251 g/mol. The molecule has 0 aliphatic carbocycles. The molecule has 0 bridgehead atoms. The Labute approximate surface area is 95.1 Å². The van der Waals surface area contributed by atoms with Crippen molar-refractivity contribution < 1.29 is 13.2 Å². The number of amides is 2. The normalized spacial score (nSPS) is 18.9. The lowest BCUT2D eigenvalue weighted by Crippen LogP contribution is -2.55. The minimum Gasteiger partial charge on any atom is -0.321 e. The number of nitrogens with two attached hydrogens (primary N) is 1. The molecule has 1 saturated heterocycles. The van der Waals surface area contributed by atoms with Gasteiger partial charge in [-0.15, -0.1) is 0 Å². The van der Waals surface area contributed by atoms with Crippen molar-refractivity contribution in [3.05, 3.63) is 0 Å². The number of hydrogen-bond donors (Lipinski definition) is 2. The fourth-order valence-electron chi connectivity index (χ4n) is 1.44. The van der Waals surface area contributed by atoms with Gasteiger partial charge in [-0.3, -0.25) is 5.43 Å². The summed E-state index contributed by atoms with van der Waals surface area (Å²) in [6.45, 7) is 1.26. The molecule has 0 radical (unpaired) electrons. The summed E-state index contributed by atoms with van der Waals surface area (Å²) in [5, 5.41) is 0. The third-order valence-corrected chi connectivity index (χ3v) is 4.38. The largest absolute Gasteiger partial charge is 0.331 e. The molecule has 0 unspecified atom stereocenters. The summed E-state index contributed by atoms with van der Waals surface area (Å²) < 4.78 is 26.0. The van der Waals surface area contributed by atoms with E-state index in [4.69, 9.17) is 5.84 Å². The van der Waals surface area contributed by atoms with Crippen LogP contribution >= 0.6 is 0 Å². The van der Waals surface area contributed by atoms with Gasteiger partial charge in [-0.25, -0.2) is 10.6 Å². The summed E-state index contributed by atoms with van der Waals surface area (Å²) in [7, 11) is -0.418. The SMILES string of the molecule is CN(C)S(=O)(=O)N1CCN(C(=O)NN)CC1. The van der Waals surface area contributed by atoms with Crippen LogP contribution < -0.4 is 11.3 Å². The van der Waals surface area contributed by atoms with Crippen molar-refractivity contribution >= 4 is 16.2 Å². The zero-order valence-corrected chi connectivity index (χ0v) is 10.2. The molecule has 0 saturated carbocycles. The first-order valence-corrected chi connectivity index (χ1v) is 6.22. The van der Waals surface area contributed by atoms with Gasteiger partial charge in [-0.1, -0.05) is 0 Å². The number of piperazine rings is 1. The molecule has 0 atom stereocenters. The number of nitrogens with zero attached hydrogens (tertiary/aromatic N) is 3. The molecule has 1 aliphatic heterocycles. The van der Waals surface area contributed by atoms with E-state index in [0.29, 0.717) is 13.1 Å². The van der Waals surface area contributed by atoms with Gasteiger partial charge in [0.05, 0.1) is 0 Å². The van der Waals surface area contributed by atoms with E-state index in [-0.39, 0.29) is 19.1 Å². The van der Waals surface area contributed by atoms with Gasteiger partial charge < -0.3 is 4.90 Å². The van der Waals surface area contributed by atoms with E-state index in [2.05, 4.69) is 0 Å². The van der Waals surface area contributed by atoms with E-state index in [1.165, 1.54) is 23.3 Å². The Morgan fingerprint density at radius 3 is 2.12 bits per heavy atom. The highest BCUT2D eigenvalue weighted by Crippen LogP contribution is 2.09. The Hall–Kier alpha value is -0.900. The lowest BCUT2D eigenvalue weighted by molar-refractivity contribution is 0.170. The maximum absolute atomic E-state index is 11.7. The molecule has 94 valence electrons. The maximum Gasteiger partial charge on any atom is 0.331 e. The van der Waals surface area contributed by atoms with Crippen LogP contribution in [0.5, 0.6) is 0 Å². The van der Waals surface area contributed by atoms with Gasteiger partial charge in [-0.05, 0) is 0 Å². The minimum absolute atomic E-state index is 0.286. The lowest BCUT2D eigenvalue weighted by Gasteiger charge is -2.34. The van der Waals surface area contributed by atoms with E-state index in [0.717, 1.165) is 4.31 Å². The molecule has 9 heteroatoms. The minimum atomic E-state index is -3.38. The first-order chi connectivity index (χ1) is 7.39. The van der Waals surface area contributed by atoms with Crippen LogP contribution in [0.25, 0.3) is 0 Å². The number of rotatable bonds is 2. The molecule has 2 amide bonds. The van der Waals surface area contributed by atoms with Crippen LogP contribution in [0, 0.1) is 0 Å². The van der Waals surface area contributed by atoms with Crippen molar-refractivity contribution in [1.29, 1.82) is 0 Å². The van der Waals surface area contributed by atoms with Gasteiger partial charge in [0, 0.05) is 40.3 Å². The smallest absolute Gasteiger partial charge is 0.321 e. The Morgan fingerprint density at radius 2 is 1.75 bits per heavy atom. The summed E-state index contributed by atoms with van der Waals surface area (Å²) >= 11 is 0. The fourth-order valence-corrected chi connectivity index (χ4v) is 2.53. The summed E-state index contributed by atoms with van der Waals surface area (Å²) in [5.74, 6) is 4.99. The molecular weight excluding hydrogens is 234 g/mol. The lowest BCUT2D eigenvalue weighted by atomic mass is 10.4. The molecule has 0 aromatic heterocycles. The molecule has 1 fully saturated rings. The first kappa shape index (κ1) is 13.2. The standard InChI is InChI=1S/C7H17N5O3S/c1-10(2)16(14,15)12-5-3-11(4-6-12)7(13)9-8/h3-6,8H2,1-2H3,(H,9,13).